The fourth-order valence-corrected chi connectivity index (χ4v) is 1.59. The fraction of sp³-hybridized carbons (Fsp3) is 0.538. The van der Waals surface area contributed by atoms with Crippen molar-refractivity contribution < 1.29 is 4.74 Å². The number of hydrazine groups is 1. The Labute approximate surface area is 98.0 Å². The first-order chi connectivity index (χ1) is 7.77. The van der Waals surface area contributed by atoms with Crippen LogP contribution >= 0.6 is 0 Å². The third-order valence-electron chi connectivity index (χ3n) is 2.58. The average Bonchev–Trinajstić information content (AvgIpc) is 2.31. The highest BCUT2D eigenvalue weighted by molar-refractivity contribution is 5.23. The van der Waals surface area contributed by atoms with E-state index in [1.165, 1.54) is 11.1 Å². The monoisotopic (exact) mass is 222 g/mol. The van der Waals surface area contributed by atoms with Crippen molar-refractivity contribution in [3.05, 3.63) is 35.4 Å². The molecule has 1 atom stereocenters. The van der Waals surface area contributed by atoms with Crippen LogP contribution in [0.3, 0.4) is 0 Å². The molecule has 16 heavy (non-hydrogen) atoms. The van der Waals surface area contributed by atoms with Crippen LogP contribution < -0.4 is 11.3 Å². The predicted molar refractivity (Wildman–Crippen MR) is 67.0 cm³/mol. The van der Waals surface area contributed by atoms with Gasteiger partial charge >= 0.3 is 0 Å². The molecule has 0 amide bonds. The highest BCUT2D eigenvalue weighted by Gasteiger charge is 2.08. The molecule has 0 aliphatic carbocycles. The van der Waals surface area contributed by atoms with Crippen LogP contribution in [-0.2, 0) is 4.74 Å². The summed E-state index contributed by atoms with van der Waals surface area (Å²) in [7, 11) is 0. The Morgan fingerprint density at radius 3 is 2.50 bits per heavy atom. The molecular weight excluding hydrogens is 200 g/mol. The summed E-state index contributed by atoms with van der Waals surface area (Å²) in [4.78, 5) is 0. The van der Waals surface area contributed by atoms with E-state index < -0.39 is 0 Å². The van der Waals surface area contributed by atoms with E-state index in [1.807, 2.05) is 0 Å². The van der Waals surface area contributed by atoms with Crippen LogP contribution in [0.15, 0.2) is 24.3 Å². The Morgan fingerprint density at radius 1 is 1.25 bits per heavy atom. The zero-order valence-corrected chi connectivity index (χ0v) is 10.2. The van der Waals surface area contributed by atoms with Crippen molar-refractivity contribution in [3.8, 4) is 0 Å². The van der Waals surface area contributed by atoms with E-state index >= 15 is 0 Å². The number of nitrogens with one attached hydrogen (secondary N) is 1. The molecule has 0 saturated heterocycles. The summed E-state index contributed by atoms with van der Waals surface area (Å²) >= 11 is 0. The van der Waals surface area contributed by atoms with Gasteiger partial charge in [-0.3, -0.25) is 11.3 Å². The van der Waals surface area contributed by atoms with Crippen molar-refractivity contribution in [2.75, 3.05) is 13.2 Å². The first-order valence-electron chi connectivity index (χ1n) is 5.88. The van der Waals surface area contributed by atoms with Crippen molar-refractivity contribution in [2.24, 2.45) is 5.84 Å². The number of hydrogen-bond acceptors (Lipinski definition) is 3. The van der Waals surface area contributed by atoms with Gasteiger partial charge in [0.05, 0.1) is 0 Å². The molecule has 0 saturated carbocycles. The minimum Gasteiger partial charge on any atom is -0.381 e. The lowest BCUT2D eigenvalue weighted by Crippen LogP contribution is -2.29. The van der Waals surface area contributed by atoms with Gasteiger partial charge in [-0.15, -0.1) is 0 Å². The molecule has 0 radical (unpaired) electrons. The Balaban J connectivity index is 2.44. The second-order valence-electron chi connectivity index (χ2n) is 4.03. The Kier molecular flexibility index (Phi) is 6.08. The van der Waals surface area contributed by atoms with Crippen LogP contribution in [0.25, 0.3) is 0 Å². The minimum absolute atomic E-state index is 0.178. The number of ether oxygens (including phenoxy) is 1. The first-order valence-corrected chi connectivity index (χ1v) is 5.88. The highest BCUT2D eigenvalue weighted by Crippen LogP contribution is 2.16. The fourth-order valence-electron chi connectivity index (χ4n) is 1.59. The SMILES string of the molecule is CCCOCCC(NN)c1ccc(C)cc1. The number of aryl methyl sites for hydroxylation is 1. The molecule has 1 aromatic rings. The molecule has 0 aliphatic rings. The molecule has 0 aliphatic heterocycles. The van der Waals surface area contributed by atoms with Crippen LogP contribution in [0.1, 0.15) is 36.9 Å². The van der Waals surface area contributed by atoms with Crippen LogP contribution in [0, 0.1) is 6.92 Å². The van der Waals surface area contributed by atoms with E-state index in [4.69, 9.17) is 10.6 Å². The van der Waals surface area contributed by atoms with Crippen molar-refractivity contribution in [1.82, 2.24) is 5.43 Å². The van der Waals surface area contributed by atoms with Gasteiger partial charge in [0.25, 0.3) is 0 Å². The molecule has 3 nitrogen and oxygen atoms in total. The van der Waals surface area contributed by atoms with Gasteiger partial charge in [0.1, 0.15) is 0 Å². The summed E-state index contributed by atoms with van der Waals surface area (Å²) in [6.45, 7) is 5.76. The molecule has 3 heteroatoms. The molecular formula is C13H22N2O. The van der Waals surface area contributed by atoms with Crippen molar-refractivity contribution in [1.29, 1.82) is 0 Å². The normalized spacial score (nSPS) is 12.7. The largest absolute Gasteiger partial charge is 0.381 e. The van der Waals surface area contributed by atoms with Crippen molar-refractivity contribution in [2.45, 2.75) is 32.7 Å². The van der Waals surface area contributed by atoms with E-state index in [9.17, 15) is 0 Å². The van der Waals surface area contributed by atoms with E-state index in [0.717, 1.165) is 26.1 Å². The minimum atomic E-state index is 0.178. The second kappa shape index (κ2) is 7.39. The second-order valence-corrected chi connectivity index (χ2v) is 4.03. The maximum atomic E-state index is 5.55. The molecule has 1 unspecified atom stereocenters. The lowest BCUT2D eigenvalue weighted by Gasteiger charge is -2.16. The van der Waals surface area contributed by atoms with Crippen LogP contribution in [0.4, 0.5) is 0 Å². The van der Waals surface area contributed by atoms with E-state index in [0.29, 0.717) is 0 Å². The maximum Gasteiger partial charge on any atom is 0.0484 e. The molecule has 0 spiro atoms. The van der Waals surface area contributed by atoms with Crippen molar-refractivity contribution >= 4 is 0 Å². The molecule has 1 rings (SSSR count). The zero-order valence-electron chi connectivity index (χ0n) is 10.2. The van der Waals surface area contributed by atoms with Gasteiger partial charge in [-0.2, -0.15) is 0 Å². The third kappa shape index (κ3) is 4.31. The van der Waals surface area contributed by atoms with Gasteiger partial charge < -0.3 is 4.74 Å². The zero-order chi connectivity index (χ0) is 11.8. The molecule has 90 valence electrons. The third-order valence-corrected chi connectivity index (χ3v) is 2.58. The summed E-state index contributed by atoms with van der Waals surface area (Å²) in [5.74, 6) is 5.55. The Hall–Kier alpha value is -0.900. The van der Waals surface area contributed by atoms with Gasteiger partial charge in [0.15, 0.2) is 0 Å². The first kappa shape index (κ1) is 13.2. The summed E-state index contributed by atoms with van der Waals surface area (Å²) in [5, 5.41) is 0. The molecule has 0 aromatic heterocycles. The maximum absolute atomic E-state index is 5.55. The topological polar surface area (TPSA) is 47.3 Å². The molecule has 0 bridgehead atoms. The Morgan fingerprint density at radius 2 is 1.94 bits per heavy atom. The van der Waals surface area contributed by atoms with Gasteiger partial charge in [0.2, 0.25) is 0 Å². The van der Waals surface area contributed by atoms with Gasteiger partial charge in [-0.25, -0.2) is 0 Å². The predicted octanol–water partition coefficient (Wildman–Crippen LogP) is 2.32. The summed E-state index contributed by atoms with van der Waals surface area (Å²) in [6.07, 6.45) is 1.96. The average molecular weight is 222 g/mol. The number of hydrogen-bond donors (Lipinski definition) is 2. The number of benzene rings is 1. The van der Waals surface area contributed by atoms with Gasteiger partial charge in [0, 0.05) is 19.3 Å². The summed E-state index contributed by atoms with van der Waals surface area (Å²) < 4.78 is 5.46. The molecule has 0 fully saturated rings. The number of rotatable bonds is 7. The summed E-state index contributed by atoms with van der Waals surface area (Å²) in [6, 6.07) is 8.61. The van der Waals surface area contributed by atoms with E-state index in [2.05, 4.69) is 43.5 Å². The molecule has 3 N–H and O–H groups in total. The number of nitrogens with two attached hydrogens (primary N) is 1. The smallest absolute Gasteiger partial charge is 0.0484 e. The van der Waals surface area contributed by atoms with Crippen molar-refractivity contribution in [3.63, 3.8) is 0 Å². The lowest BCUT2D eigenvalue weighted by molar-refractivity contribution is 0.124. The summed E-state index contributed by atoms with van der Waals surface area (Å²) in [5.41, 5.74) is 5.32. The van der Waals surface area contributed by atoms with Gasteiger partial charge in [-0.1, -0.05) is 36.8 Å². The van der Waals surface area contributed by atoms with E-state index in [-0.39, 0.29) is 6.04 Å². The lowest BCUT2D eigenvalue weighted by atomic mass is 10.0. The van der Waals surface area contributed by atoms with Crippen LogP contribution in [-0.4, -0.2) is 13.2 Å². The Bertz CT molecular complexity index is 284. The standard InChI is InChI=1S/C13H22N2O/c1-3-9-16-10-8-13(15-14)12-6-4-11(2)5-7-12/h4-7,13,15H,3,8-10,14H2,1-2H3. The van der Waals surface area contributed by atoms with Gasteiger partial charge in [-0.05, 0) is 25.3 Å². The van der Waals surface area contributed by atoms with Crippen LogP contribution in [0.5, 0.6) is 0 Å². The van der Waals surface area contributed by atoms with E-state index in [1.54, 1.807) is 0 Å². The molecule has 0 heterocycles. The highest BCUT2D eigenvalue weighted by atomic mass is 16.5. The van der Waals surface area contributed by atoms with Crippen LogP contribution in [0.2, 0.25) is 0 Å². The quantitative estimate of drug-likeness (QED) is 0.423. The molecule has 1 aromatic carbocycles.